The molecule has 0 spiro atoms. The van der Waals surface area contributed by atoms with Gasteiger partial charge in [0, 0.05) is 11.3 Å². The Morgan fingerprint density at radius 3 is 2.88 bits per heavy atom. The lowest BCUT2D eigenvalue weighted by Crippen LogP contribution is -2.23. The molecule has 0 amide bonds. The number of carbonyl (C=O) groups is 1. The number of ketones is 1. The summed E-state index contributed by atoms with van der Waals surface area (Å²) in [6, 6.07) is 6.50. The molecule has 0 aromatic heterocycles. The molecular formula is C14H18OS. The van der Waals surface area contributed by atoms with Gasteiger partial charge in [-0.3, -0.25) is 4.79 Å². The SMILES string of the molecule is CC(=O)Cc1ccc2c(c1)C(C)(C)CCS2. The van der Waals surface area contributed by atoms with Crippen molar-refractivity contribution < 1.29 is 4.79 Å². The van der Waals surface area contributed by atoms with Crippen molar-refractivity contribution in [1.82, 2.24) is 0 Å². The zero-order valence-corrected chi connectivity index (χ0v) is 11.0. The van der Waals surface area contributed by atoms with Gasteiger partial charge >= 0.3 is 0 Å². The van der Waals surface area contributed by atoms with E-state index in [0.29, 0.717) is 6.42 Å². The van der Waals surface area contributed by atoms with Crippen LogP contribution in [0.4, 0.5) is 0 Å². The number of thioether (sulfide) groups is 1. The summed E-state index contributed by atoms with van der Waals surface area (Å²) < 4.78 is 0. The number of Topliss-reactive ketones (excluding diaryl/α,β-unsaturated/α-hetero) is 1. The van der Waals surface area contributed by atoms with E-state index in [-0.39, 0.29) is 11.2 Å². The van der Waals surface area contributed by atoms with Gasteiger partial charge in [-0.15, -0.1) is 11.8 Å². The first-order chi connectivity index (χ1) is 7.49. The summed E-state index contributed by atoms with van der Waals surface area (Å²) in [6.45, 7) is 6.24. The number of rotatable bonds is 2. The molecule has 2 heteroatoms. The standard InChI is InChI=1S/C14H18OS/c1-10(15)8-11-4-5-13-12(9-11)14(2,3)6-7-16-13/h4-5,9H,6-8H2,1-3H3. The molecule has 0 saturated heterocycles. The Morgan fingerprint density at radius 1 is 1.44 bits per heavy atom. The van der Waals surface area contributed by atoms with E-state index >= 15 is 0 Å². The second-order valence-electron chi connectivity index (χ2n) is 5.19. The molecule has 1 heterocycles. The summed E-state index contributed by atoms with van der Waals surface area (Å²) in [5, 5.41) is 0. The van der Waals surface area contributed by atoms with Gasteiger partial charge in [-0.2, -0.15) is 0 Å². The number of hydrogen-bond donors (Lipinski definition) is 0. The van der Waals surface area contributed by atoms with Crippen molar-refractivity contribution in [3.8, 4) is 0 Å². The first kappa shape index (κ1) is 11.7. The van der Waals surface area contributed by atoms with Crippen molar-refractivity contribution in [3.63, 3.8) is 0 Å². The Bertz CT molecular complexity index is 421. The van der Waals surface area contributed by atoms with Crippen LogP contribution >= 0.6 is 11.8 Å². The molecule has 1 aliphatic rings. The molecule has 0 bridgehead atoms. The van der Waals surface area contributed by atoms with Crippen LogP contribution in [0.5, 0.6) is 0 Å². The Hall–Kier alpha value is -0.760. The summed E-state index contributed by atoms with van der Waals surface area (Å²) in [5.74, 6) is 1.44. The Labute approximate surface area is 102 Å². The molecule has 16 heavy (non-hydrogen) atoms. The van der Waals surface area contributed by atoms with Gasteiger partial charge in [0.05, 0.1) is 0 Å². The molecule has 0 N–H and O–H groups in total. The molecule has 1 aromatic rings. The summed E-state index contributed by atoms with van der Waals surface area (Å²) in [5.41, 5.74) is 2.83. The molecule has 0 atom stereocenters. The van der Waals surface area contributed by atoms with Crippen LogP contribution in [-0.4, -0.2) is 11.5 Å². The van der Waals surface area contributed by atoms with Gasteiger partial charge in [-0.05, 0) is 41.7 Å². The molecule has 1 nitrogen and oxygen atoms in total. The van der Waals surface area contributed by atoms with Crippen LogP contribution in [0.2, 0.25) is 0 Å². The van der Waals surface area contributed by atoms with Crippen molar-refractivity contribution in [2.75, 3.05) is 5.75 Å². The van der Waals surface area contributed by atoms with Crippen molar-refractivity contribution in [2.45, 2.75) is 43.9 Å². The molecule has 0 radical (unpaired) electrons. The van der Waals surface area contributed by atoms with E-state index < -0.39 is 0 Å². The van der Waals surface area contributed by atoms with Gasteiger partial charge in [-0.1, -0.05) is 26.0 Å². The van der Waals surface area contributed by atoms with E-state index in [0.717, 1.165) is 5.56 Å². The molecule has 0 fully saturated rings. The van der Waals surface area contributed by atoms with Crippen molar-refractivity contribution in [1.29, 1.82) is 0 Å². The van der Waals surface area contributed by atoms with E-state index in [2.05, 4.69) is 32.0 Å². The van der Waals surface area contributed by atoms with E-state index in [4.69, 9.17) is 0 Å². The summed E-state index contributed by atoms with van der Waals surface area (Å²) in [6.07, 6.45) is 1.78. The van der Waals surface area contributed by atoms with Gasteiger partial charge in [-0.25, -0.2) is 0 Å². The Balaban J connectivity index is 2.39. The van der Waals surface area contributed by atoms with Crippen molar-refractivity contribution in [2.24, 2.45) is 0 Å². The van der Waals surface area contributed by atoms with Crippen LogP contribution in [0, 0.1) is 0 Å². The van der Waals surface area contributed by atoms with Gasteiger partial charge in [0.15, 0.2) is 0 Å². The summed E-state index contributed by atoms with van der Waals surface area (Å²) >= 11 is 1.93. The lowest BCUT2D eigenvalue weighted by atomic mass is 9.81. The topological polar surface area (TPSA) is 17.1 Å². The summed E-state index contributed by atoms with van der Waals surface area (Å²) in [4.78, 5) is 12.5. The second-order valence-corrected chi connectivity index (χ2v) is 6.33. The van der Waals surface area contributed by atoms with E-state index in [9.17, 15) is 4.79 Å². The normalized spacial score (nSPS) is 17.9. The third-order valence-corrected chi connectivity index (χ3v) is 4.29. The summed E-state index contributed by atoms with van der Waals surface area (Å²) in [7, 11) is 0. The van der Waals surface area contributed by atoms with Crippen LogP contribution < -0.4 is 0 Å². The average molecular weight is 234 g/mol. The molecule has 0 unspecified atom stereocenters. The van der Waals surface area contributed by atoms with Crippen molar-refractivity contribution >= 4 is 17.5 Å². The number of hydrogen-bond acceptors (Lipinski definition) is 2. The predicted octanol–water partition coefficient (Wildman–Crippen LogP) is 3.59. The number of fused-ring (bicyclic) bond motifs is 1. The van der Waals surface area contributed by atoms with Gasteiger partial charge in [0.2, 0.25) is 0 Å². The molecular weight excluding hydrogens is 216 g/mol. The average Bonchev–Trinajstić information content (AvgIpc) is 2.18. The zero-order valence-electron chi connectivity index (χ0n) is 10.2. The minimum atomic E-state index is 0.237. The maximum absolute atomic E-state index is 11.1. The first-order valence-electron chi connectivity index (χ1n) is 5.75. The fourth-order valence-corrected chi connectivity index (χ4v) is 3.67. The molecule has 1 aromatic carbocycles. The van der Waals surface area contributed by atoms with Crippen LogP contribution in [-0.2, 0) is 16.6 Å². The second kappa shape index (κ2) is 4.25. The Morgan fingerprint density at radius 2 is 2.19 bits per heavy atom. The Kier molecular flexibility index (Phi) is 3.11. The van der Waals surface area contributed by atoms with Crippen LogP contribution in [0.1, 0.15) is 38.3 Å². The quantitative estimate of drug-likeness (QED) is 0.778. The van der Waals surface area contributed by atoms with Crippen LogP contribution in [0.3, 0.4) is 0 Å². The third kappa shape index (κ3) is 2.32. The van der Waals surface area contributed by atoms with Gasteiger partial charge in [0.1, 0.15) is 5.78 Å². The fourth-order valence-electron chi connectivity index (χ4n) is 2.18. The highest BCUT2D eigenvalue weighted by atomic mass is 32.2. The lowest BCUT2D eigenvalue weighted by Gasteiger charge is -2.32. The van der Waals surface area contributed by atoms with Crippen molar-refractivity contribution in [3.05, 3.63) is 29.3 Å². The third-order valence-electron chi connectivity index (χ3n) is 3.21. The minimum absolute atomic E-state index is 0.237. The lowest BCUT2D eigenvalue weighted by molar-refractivity contribution is -0.116. The molecule has 1 aliphatic heterocycles. The molecule has 0 saturated carbocycles. The maximum Gasteiger partial charge on any atom is 0.134 e. The van der Waals surface area contributed by atoms with Crippen LogP contribution in [0.25, 0.3) is 0 Å². The first-order valence-corrected chi connectivity index (χ1v) is 6.73. The fraction of sp³-hybridized carbons (Fsp3) is 0.500. The highest BCUT2D eigenvalue weighted by Crippen LogP contribution is 2.41. The van der Waals surface area contributed by atoms with Gasteiger partial charge < -0.3 is 0 Å². The highest BCUT2D eigenvalue weighted by molar-refractivity contribution is 7.99. The molecule has 2 rings (SSSR count). The highest BCUT2D eigenvalue weighted by Gasteiger charge is 2.27. The molecule has 86 valence electrons. The number of benzene rings is 1. The predicted molar refractivity (Wildman–Crippen MR) is 69.2 cm³/mol. The van der Waals surface area contributed by atoms with Crippen LogP contribution in [0.15, 0.2) is 23.1 Å². The maximum atomic E-state index is 11.1. The van der Waals surface area contributed by atoms with E-state index in [1.54, 1.807) is 6.92 Å². The minimum Gasteiger partial charge on any atom is -0.300 e. The van der Waals surface area contributed by atoms with E-state index in [1.165, 1.54) is 22.6 Å². The van der Waals surface area contributed by atoms with Gasteiger partial charge in [0.25, 0.3) is 0 Å². The smallest absolute Gasteiger partial charge is 0.134 e. The monoisotopic (exact) mass is 234 g/mol. The zero-order chi connectivity index (χ0) is 11.8. The number of carbonyl (C=O) groups excluding carboxylic acids is 1. The van der Waals surface area contributed by atoms with E-state index in [1.807, 2.05) is 11.8 Å². The largest absolute Gasteiger partial charge is 0.300 e. The molecule has 0 aliphatic carbocycles.